The average molecular weight is 376 g/mol. The molecule has 0 bridgehead atoms. The van der Waals surface area contributed by atoms with E-state index in [9.17, 15) is 4.39 Å². The lowest BCUT2D eigenvalue weighted by molar-refractivity contribution is 0.245. The normalized spacial score (nSPS) is 17.0. The molecule has 4 nitrogen and oxygen atoms in total. The first-order chi connectivity index (χ1) is 13.6. The molecule has 2 heterocycles. The summed E-state index contributed by atoms with van der Waals surface area (Å²) in [6.45, 7) is 1.92. The highest BCUT2D eigenvalue weighted by Crippen LogP contribution is 2.38. The van der Waals surface area contributed by atoms with Gasteiger partial charge in [-0.2, -0.15) is 0 Å². The van der Waals surface area contributed by atoms with Crippen LogP contribution in [0.2, 0.25) is 0 Å². The molecule has 1 atom stereocenters. The second-order valence-corrected chi connectivity index (χ2v) is 7.49. The van der Waals surface area contributed by atoms with Crippen LogP contribution in [0.1, 0.15) is 30.1 Å². The molecule has 1 saturated heterocycles. The second-order valence-electron chi connectivity index (χ2n) is 7.49. The van der Waals surface area contributed by atoms with Gasteiger partial charge in [0, 0.05) is 32.4 Å². The first-order valence-corrected chi connectivity index (χ1v) is 9.70. The lowest BCUT2D eigenvalue weighted by Crippen LogP contribution is -2.25. The van der Waals surface area contributed by atoms with E-state index < -0.39 is 0 Å². The number of anilines is 1. The van der Waals surface area contributed by atoms with Crippen LogP contribution >= 0.6 is 0 Å². The van der Waals surface area contributed by atoms with E-state index in [2.05, 4.69) is 34.1 Å². The van der Waals surface area contributed by atoms with Gasteiger partial charge in [-0.05, 0) is 42.6 Å². The van der Waals surface area contributed by atoms with Gasteiger partial charge in [0.25, 0.3) is 0 Å². The molecule has 0 N–H and O–H groups in total. The quantitative estimate of drug-likeness (QED) is 0.647. The summed E-state index contributed by atoms with van der Waals surface area (Å²) >= 11 is 0. The monoisotopic (exact) mass is 376 g/mol. The maximum Gasteiger partial charge on any atom is 0.225 e. The Hall–Kier alpha value is -2.79. The Bertz CT molecular complexity index is 942. The highest BCUT2D eigenvalue weighted by Gasteiger charge is 2.30. The van der Waals surface area contributed by atoms with Crippen LogP contribution in [0.15, 0.2) is 60.8 Å². The van der Waals surface area contributed by atoms with Crippen LogP contribution in [0.4, 0.5) is 10.3 Å². The van der Waals surface area contributed by atoms with Gasteiger partial charge in [-0.1, -0.05) is 42.5 Å². The summed E-state index contributed by atoms with van der Waals surface area (Å²) in [6, 6.07) is 17.4. The lowest BCUT2D eigenvalue weighted by atomic mass is 9.99. The Balaban J connectivity index is 1.74. The molecule has 0 spiro atoms. The van der Waals surface area contributed by atoms with Crippen LogP contribution in [0.3, 0.4) is 0 Å². The molecule has 1 fully saturated rings. The lowest BCUT2D eigenvalue weighted by Gasteiger charge is -2.26. The van der Waals surface area contributed by atoms with E-state index in [1.807, 2.05) is 37.3 Å². The number of hydrogen-bond acceptors (Lipinski definition) is 4. The summed E-state index contributed by atoms with van der Waals surface area (Å²) in [4.78, 5) is 13.8. The van der Waals surface area contributed by atoms with Crippen LogP contribution in [-0.2, 0) is 6.54 Å². The first kappa shape index (κ1) is 18.6. The maximum absolute atomic E-state index is 13.9. The van der Waals surface area contributed by atoms with Crippen molar-refractivity contribution >= 4 is 5.95 Å². The van der Waals surface area contributed by atoms with Crippen molar-refractivity contribution in [1.82, 2.24) is 14.9 Å². The Morgan fingerprint density at radius 2 is 1.93 bits per heavy atom. The summed E-state index contributed by atoms with van der Waals surface area (Å²) in [5.41, 5.74) is 4.02. The van der Waals surface area contributed by atoms with Gasteiger partial charge in [0.05, 0.1) is 11.7 Å². The van der Waals surface area contributed by atoms with Crippen molar-refractivity contribution in [2.24, 2.45) is 0 Å². The highest BCUT2D eigenvalue weighted by molar-refractivity contribution is 5.66. The summed E-state index contributed by atoms with van der Waals surface area (Å²) in [5.74, 6) is 0.439. The first-order valence-electron chi connectivity index (χ1n) is 9.70. The van der Waals surface area contributed by atoms with Crippen LogP contribution in [0.25, 0.3) is 11.1 Å². The van der Waals surface area contributed by atoms with Crippen LogP contribution in [0, 0.1) is 5.82 Å². The van der Waals surface area contributed by atoms with Gasteiger partial charge in [0.2, 0.25) is 5.95 Å². The van der Waals surface area contributed by atoms with Gasteiger partial charge in [-0.15, -0.1) is 0 Å². The summed E-state index contributed by atoms with van der Waals surface area (Å²) in [6.07, 6.45) is 4.01. The Kier molecular flexibility index (Phi) is 5.35. The fourth-order valence-corrected chi connectivity index (χ4v) is 3.88. The topological polar surface area (TPSA) is 32.3 Å². The molecule has 5 heteroatoms. The van der Waals surface area contributed by atoms with Gasteiger partial charge >= 0.3 is 0 Å². The number of aromatic nitrogens is 2. The molecular weight excluding hydrogens is 351 g/mol. The number of halogens is 1. The standard InChI is InChI=1S/C23H25FN4/c1-27(2)23-25-15-20(18-10-6-11-19(24)14-18)22(26-23)21-12-7-13-28(21)16-17-8-4-3-5-9-17/h3-6,8-11,14-15,21H,7,12-13,16H2,1-2H3/t21-/m0/s1. The smallest absolute Gasteiger partial charge is 0.225 e. The molecule has 28 heavy (non-hydrogen) atoms. The number of benzene rings is 2. The molecule has 2 aromatic carbocycles. The molecule has 0 saturated carbocycles. The number of likely N-dealkylation sites (tertiary alicyclic amines) is 1. The molecule has 3 aromatic rings. The average Bonchev–Trinajstić information content (AvgIpc) is 3.16. The third kappa shape index (κ3) is 3.90. The SMILES string of the molecule is CN(C)c1ncc(-c2cccc(F)c2)c([C@@H]2CCCN2Cc2ccccc2)n1. The van der Waals surface area contributed by atoms with E-state index in [-0.39, 0.29) is 11.9 Å². The molecule has 1 aliphatic rings. The van der Waals surface area contributed by atoms with Crippen LogP contribution in [-0.4, -0.2) is 35.5 Å². The molecule has 1 aliphatic heterocycles. The fourth-order valence-electron chi connectivity index (χ4n) is 3.88. The molecule has 0 amide bonds. The van der Waals surface area contributed by atoms with Crippen molar-refractivity contribution in [1.29, 1.82) is 0 Å². The highest BCUT2D eigenvalue weighted by atomic mass is 19.1. The molecule has 0 radical (unpaired) electrons. The van der Waals surface area contributed by atoms with Crippen molar-refractivity contribution in [3.8, 4) is 11.1 Å². The van der Waals surface area contributed by atoms with E-state index >= 15 is 0 Å². The Labute approximate surface area is 165 Å². The van der Waals surface area contributed by atoms with Crippen molar-refractivity contribution in [2.75, 3.05) is 25.5 Å². The van der Waals surface area contributed by atoms with Crippen molar-refractivity contribution in [3.05, 3.63) is 77.9 Å². The minimum Gasteiger partial charge on any atom is -0.347 e. The number of nitrogens with zero attached hydrogens (tertiary/aromatic N) is 4. The predicted molar refractivity (Wildman–Crippen MR) is 111 cm³/mol. The molecule has 0 aliphatic carbocycles. The molecule has 1 aromatic heterocycles. The van der Waals surface area contributed by atoms with Crippen molar-refractivity contribution in [3.63, 3.8) is 0 Å². The van der Waals surface area contributed by atoms with Gasteiger partial charge in [0.1, 0.15) is 5.82 Å². The molecular formula is C23H25FN4. The molecule has 144 valence electrons. The summed E-state index contributed by atoms with van der Waals surface area (Å²) in [7, 11) is 3.88. The fraction of sp³-hybridized carbons (Fsp3) is 0.304. The molecule has 0 unspecified atom stereocenters. The maximum atomic E-state index is 13.9. The molecule has 4 rings (SSSR count). The minimum atomic E-state index is -0.243. The van der Waals surface area contributed by atoms with Gasteiger partial charge in [0.15, 0.2) is 0 Å². The van der Waals surface area contributed by atoms with E-state index in [0.29, 0.717) is 5.95 Å². The largest absolute Gasteiger partial charge is 0.347 e. The zero-order chi connectivity index (χ0) is 19.5. The van der Waals surface area contributed by atoms with E-state index in [1.54, 1.807) is 12.1 Å². The third-order valence-corrected chi connectivity index (χ3v) is 5.25. The predicted octanol–water partition coefficient (Wildman–Crippen LogP) is 4.69. The number of hydrogen-bond donors (Lipinski definition) is 0. The van der Waals surface area contributed by atoms with Crippen LogP contribution < -0.4 is 4.90 Å². The van der Waals surface area contributed by atoms with E-state index in [0.717, 1.165) is 42.8 Å². The van der Waals surface area contributed by atoms with Crippen molar-refractivity contribution in [2.45, 2.75) is 25.4 Å². The van der Waals surface area contributed by atoms with Gasteiger partial charge < -0.3 is 4.90 Å². The van der Waals surface area contributed by atoms with Crippen molar-refractivity contribution < 1.29 is 4.39 Å². The van der Waals surface area contributed by atoms with Crippen LogP contribution in [0.5, 0.6) is 0 Å². The van der Waals surface area contributed by atoms with Gasteiger partial charge in [-0.25, -0.2) is 14.4 Å². The Morgan fingerprint density at radius 1 is 1.11 bits per heavy atom. The second kappa shape index (κ2) is 8.07. The minimum absolute atomic E-state index is 0.195. The summed E-state index contributed by atoms with van der Waals surface area (Å²) < 4.78 is 13.9. The van der Waals surface area contributed by atoms with E-state index in [4.69, 9.17) is 4.98 Å². The third-order valence-electron chi connectivity index (χ3n) is 5.25. The Morgan fingerprint density at radius 3 is 2.68 bits per heavy atom. The zero-order valence-corrected chi connectivity index (χ0v) is 16.3. The summed E-state index contributed by atoms with van der Waals surface area (Å²) in [5, 5.41) is 0. The van der Waals surface area contributed by atoms with Gasteiger partial charge in [-0.3, -0.25) is 4.90 Å². The van der Waals surface area contributed by atoms with E-state index in [1.165, 1.54) is 11.6 Å². The number of rotatable bonds is 5. The zero-order valence-electron chi connectivity index (χ0n) is 16.3.